The third-order valence-corrected chi connectivity index (χ3v) is 9.85. The summed E-state index contributed by atoms with van der Waals surface area (Å²) in [7, 11) is 0. The molecule has 0 aromatic heterocycles. The number of piperidine rings is 2. The van der Waals surface area contributed by atoms with Crippen LogP contribution in [0.25, 0.3) is 0 Å². The lowest BCUT2D eigenvalue weighted by Crippen LogP contribution is -2.52. The molecule has 3 saturated heterocycles. The van der Waals surface area contributed by atoms with Crippen molar-refractivity contribution in [2.24, 2.45) is 5.92 Å². The molecule has 4 heterocycles. The van der Waals surface area contributed by atoms with Gasteiger partial charge in [-0.05, 0) is 68.1 Å². The molecule has 0 bridgehead atoms. The second kappa shape index (κ2) is 12.8. The van der Waals surface area contributed by atoms with E-state index in [2.05, 4.69) is 16.3 Å². The van der Waals surface area contributed by atoms with Crippen LogP contribution in [0, 0.1) is 17.2 Å². The van der Waals surface area contributed by atoms with Gasteiger partial charge in [0.15, 0.2) is 0 Å². The van der Waals surface area contributed by atoms with E-state index in [0.717, 1.165) is 30.5 Å². The Bertz CT molecular complexity index is 1540. The van der Waals surface area contributed by atoms with Crippen molar-refractivity contribution in [1.82, 2.24) is 20.0 Å². The van der Waals surface area contributed by atoms with Crippen LogP contribution in [0.5, 0.6) is 5.75 Å². The highest BCUT2D eigenvalue weighted by Crippen LogP contribution is 2.38. The Morgan fingerprint density at radius 3 is 2.73 bits per heavy atom. The third-order valence-electron chi connectivity index (χ3n) is 9.27. The van der Waals surface area contributed by atoms with Crippen LogP contribution in [-0.2, 0) is 20.9 Å². The van der Waals surface area contributed by atoms with E-state index in [4.69, 9.17) is 27.9 Å². The first kappa shape index (κ1) is 30.4. The van der Waals surface area contributed by atoms with Crippen molar-refractivity contribution in [2.75, 3.05) is 32.8 Å². The summed E-state index contributed by atoms with van der Waals surface area (Å²) < 4.78 is 6.18. The van der Waals surface area contributed by atoms with Crippen molar-refractivity contribution in [3.8, 4) is 11.8 Å². The molecule has 3 fully saturated rings. The topological polar surface area (TPSA) is 123 Å². The van der Waals surface area contributed by atoms with Crippen LogP contribution in [0.1, 0.15) is 59.5 Å². The predicted octanol–water partition coefficient (Wildman–Crippen LogP) is 3.75. The standard InChI is InChI=1S/C32H33Cl2N5O5/c33-20-6-7-25(34)22(15-20)23-17-38(12-10-19(23)16-35)32(43)27-4-2-11-37(27)13-14-44-28-5-1-3-21-24(28)18-39(31(21)42)26-8-9-29(40)36-30(26)41/h1,3,5-7,15,19,23,26-27H,2,4,8-14,17-18H2,(H,36,40,41)/t19?,23?,26?,27-/m1/s1. The van der Waals surface area contributed by atoms with E-state index in [1.807, 2.05) is 11.0 Å². The summed E-state index contributed by atoms with van der Waals surface area (Å²) in [5.74, 6) is -0.870. The number of hydrogen-bond acceptors (Lipinski definition) is 7. The first-order valence-electron chi connectivity index (χ1n) is 15.0. The molecule has 2 aromatic rings. The molecule has 230 valence electrons. The summed E-state index contributed by atoms with van der Waals surface area (Å²) in [6, 6.07) is 12.0. The van der Waals surface area contributed by atoms with Gasteiger partial charge < -0.3 is 14.5 Å². The highest BCUT2D eigenvalue weighted by Gasteiger charge is 2.41. The molecule has 0 saturated carbocycles. The smallest absolute Gasteiger partial charge is 0.255 e. The van der Waals surface area contributed by atoms with Gasteiger partial charge in [0.2, 0.25) is 17.7 Å². The van der Waals surface area contributed by atoms with Gasteiger partial charge >= 0.3 is 0 Å². The lowest BCUT2D eigenvalue weighted by molar-refractivity contribution is -0.138. The molecule has 0 aliphatic carbocycles. The Morgan fingerprint density at radius 1 is 1.09 bits per heavy atom. The summed E-state index contributed by atoms with van der Waals surface area (Å²) in [5.41, 5.74) is 2.02. The number of nitrogens with one attached hydrogen (secondary N) is 1. The number of rotatable bonds is 7. The summed E-state index contributed by atoms with van der Waals surface area (Å²) in [6.07, 6.45) is 2.70. The number of benzene rings is 2. The van der Waals surface area contributed by atoms with Gasteiger partial charge in [-0.1, -0.05) is 29.3 Å². The van der Waals surface area contributed by atoms with Gasteiger partial charge in [0.25, 0.3) is 5.91 Å². The van der Waals surface area contributed by atoms with Crippen LogP contribution in [-0.4, -0.2) is 83.2 Å². The lowest BCUT2D eigenvalue weighted by atomic mass is 9.81. The molecule has 10 nitrogen and oxygen atoms in total. The maximum absolute atomic E-state index is 13.8. The quantitative estimate of drug-likeness (QED) is 0.459. The van der Waals surface area contributed by atoms with Crippen molar-refractivity contribution >= 4 is 46.8 Å². The minimum absolute atomic E-state index is 0.0492. The Labute approximate surface area is 265 Å². The van der Waals surface area contributed by atoms with Crippen molar-refractivity contribution in [2.45, 2.75) is 56.7 Å². The Morgan fingerprint density at radius 2 is 1.93 bits per heavy atom. The summed E-state index contributed by atoms with van der Waals surface area (Å²) in [5, 5.41) is 13.2. The van der Waals surface area contributed by atoms with E-state index in [-0.39, 0.29) is 48.6 Å². The van der Waals surface area contributed by atoms with E-state index >= 15 is 0 Å². The van der Waals surface area contributed by atoms with Gasteiger partial charge in [0.1, 0.15) is 18.4 Å². The lowest BCUT2D eigenvalue weighted by Gasteiger charge is -2.38. The Hall–Kier alpha value is -3.65. The van der Waals surface area contributed by atoms with Gasteiger partial charge in [-0.15, -0.1) is 0 Å². The van der Waals surface area contributed by atoms with Crippen molar-refractivity contribution in [3.63, 3.8) is 0 Å². The maximum atomic E-state index is 13.8. The van der Waals surface area contributed by atoms with Crippen LogP contribution in [0.4, 0.5) is 0 Å². The average Bonchev–Trinajstić information content (AvgIpc) is 3.62. The third kappa shape index (κ3) is 5.88. The molecular formula is C32H33Cl2N5O5. The van der Waals surface area contributed by atoms with Crippen LogP contribution in [0.2, 0.25) is 10.0 Å². The fraction of sp³-hybridized carbons (Fsp3) is 0.469. The Kier molecular flexibility index (Phi) is 8.81. The van der Waals surface area contributed by atoms with Gasteiger partial charge in [0.05, 0.1) is 24.6 Å². The number of fused-ring (bicyclic) bond motifs is 1. The van der Waals surface area contributed by atoms with Gasteiger partial charge in [-0.2, -0.15) is 5.26 Å². The molecule has 4 aliphatic rings. The molecule has 6 rings (SSSR count). The second-order valence-corrected chi connectivity index (χ2v) is 12.6. The number of likely N-dealkylation sites (tertiary alicyclic amines) is 2. The normalized spacial score (nSPS) is 25.5. The van der Waals surface area contributed by atoms with Crippen molar-refractivity contribution < 1.29 is 23.9 Å². The van der Waals surface area contributed by atoms with E-state index in [9.17, 15) is 24.4 Å². The number of ether oxygens (including phenoxy) is 1. The minimum atomic E-state index is -0.690. The minimum Gasteiger partial charge on any atom is -0.492 e. The largest absolute Gasteiger partial charge is 0.492 e. The van der Waals surface area contributed by atoms with Crippen LogP contribution in [0.15, 0.2) is 36.4 Å². The number of carbonyl (C=O) groups excluding carboxylic acids is 4. The molecule has 4 aliphatic heterocycles. The summed E-state index contributed by atoms with van der Waals surface area (Å²) in [6.45, 7) is 2.78. The zero-order valence-corrected chi connectivity index (χ0v) is 25.6. The highest BCUT2D eigenvalue weighted by atomic mass is 35.5. The monoisotopic (exact) mass is 637 g/mol. The average molecular weight is 639 g/mol. The fourth-order valence-corrected chi connectivity index (χ4v) is 7.41. The second-order valence-electron chi connectivity index (χ2n) is 11.8. The van der Waals surface area contributed by atoms with E-state index in [1.165, 1.54) is 4.90 Å². The molecule has 1 N–H and O–H groups in total. The van der Waals surface area contributed by atoms with Gasteiger partial charge in [0, 0.05) is 53.1 Å². The van der Waals surface area contributed by atoms with Gasteiger partial charge in [-0.25, -0.2) is 0 Å². The van der Waals surface area contributed by atoms with Gasteiger partial charge in [-0.3, -0.25) is 29.4 Å². The van der Waals surface area contributed by atoms with Crippen molar-refractivity contribution in [1.29, 1.82) is 5.26 Å². The number of imide groups is 1. The molecule has 0 radical (unpaired) electrons. The predicted molar refractivity (Wildman–Crippen MR) is 162 cm³/mol. The fourth-order valence-electron chi connectivity index (χ4n) is 6.97. The van der Waals surface area contributed by atoms with E-state index < -0.39 is 11.9 Å². The molecule has 44 heavy (non-hydrogen) atoms. The Balaban J connectivity index is 1.08. The molecule has 2 aromatic carbocycles. The number of nitrogens with zero attached hydrogens (tertiary/aromatic N) is 4. The highest BCUT2D eigenvalue weighted by molar-refractivity contribution is 6.33. The molecule has 3 unspecified atom stereocenters. The summed E-state index contributed by atoms with van der Waals surface area (Å²) in [4.78, 5) is 56.5. The van der Waals surface area contributed by atoms with E-state index in [0.29, 0.717) is 60.4 Å². The molecule has 12 heteroatoms. The zero-order valence-electron chi connectivity index (χ0n) is 24.1. The number of amides is 4. The van der Waals surface area contributed by atoms with Crippen molar-refractivity contribution in [3.05, 3.63) is 63.1 Å². The maximum Gasteiger partial charge on any atom is 0.255 e. The van der Waals surface area contributed by atoms with Crippen LogP contribution >= 0.6 is 23.2 Å². The van der Waals surface area contributed by atoms with E-state index in [1.54, 1.807) is 30.3 Å². The number of halogens is 2. The molecule has 0 spiro atoms. The molecular weight excluding hydrogens is 605 g/mol. The zero-order chi connectivity index (χ0) is 31.0. The number of carbonyl (C=O) groups is 4. The first-order valence-corrected chi connectivity index (χ1v) is 15.8. The van der Waals surface area contributed by atoms with Crippen LogP contribution in [0.3, 0.4) is 0 Å². The van der Waals surface area contributed by atoms with Crippen LogP contribution < -0.4 is 10.1 Å². The number of nitriles is 1. The molecule has 4 amide bonds. The molecule has 4 atom stereocenters. The first-order chi connectivity index (χ1) is 21.2. The SMILES string of the molecule is N#CC1CCN(C(=O)[C@H]2CCCN2CCOc2cccc3c2CN(C2CCC(=O)NC2=O)C3=O)CC1c1cc(Cl)ccc1Cl. The summed E-state index contributed by atoms with van der Waals surface area (Å²) >= 11 is 12.7. The number of hydrogen-bond donors (Lipinski definition) is 1.